The average molecular weight is 620 g/mol. The highest BCUT2D eigenvalue weighted by molar-refractivity contribution is 14.1. The van der Waals surface area contributed by atoms with E-state index in [-0.39, 0.29) is 17.1 Å². The zero-order chi connectivity index (χ0) is 26.6. The number of rotatable bonds is 6. The van der Waals surface area contributed by atoms with Gasteiger partial charge in [-0.25, -0.2) is 0 Å². The van der Waals surface area contributed by atoms with Gasteiger partial charge in [-0.2, -0.15) is 0 Å². The molecule has 2 aliphatic carbocycles. The van der Waals surface area contributed by atoms with Gasteiger partial charge in [0.25, 0.3) is 0 Å². The topological polar surface area (TPSA) is 42.4 Å². The molecule has 4 rings (SSSR count). The van der Waals surface area contributed by atoms with Gasteiger partial charge in [-0.15, -0.1) is 0 Å². The Morgan fingerprint density at radius 3 is 2.08 bits per heavy atom. The van der Waals surface area contributed by atoms with Gasteiger partial charge in [-0.05, 0) is 94.8 Å². The molecule has 5 heteroatoms. The summed E-state index contributed by atoms with van der Waals surface area (Å²) in [4.78, 5) is 5.36. The van der Waals surface area contributed by atoms with Crippen LogP contribution in [0.4, 0.5) is 0 Å². The lowest BCUT2D eigenvalue weighted by Crippen LogP contribution is -2.46. The first-order chi connectivity index (χ1) is 16.7. The van der Waals surface area contributed by atoms with E-state index in [1.165, 1.54) is 39.7 Å². The number of benzene rings is 1. The normalized spacial score (nSPS) is 20.5. The van der Waals surface area contributed by atoms with Gasteiger partial charge >= 0.3 is 0 Å². The molecule has 2 atom stereocenters. The molecule has 1 fully saturated rings. The Morgan fingerprint density at radius 1 is 1.03 bits per heavy atom. The van der Waals surface area contributed by atoms with Crippen molar-refractivity contribution in [2.75, 3.05) is 0 Å². The lowest BCUT2D eigenvalue weighted by molar-refractivity contribution is 0.0293. The molecule has 0 radical (unpaired) electrons. The van der Waals surface area contributed by atoms with Gasteiger partial charge in [0.05, 0.1) is 11.8 Å². The smallest absolute Gasteiger partial charge is 0.192 e. The van der Waals surface area contributed by atoms with E-state index in [4.69, 9.17) is 9.41 Å². The van der Waals surface area contributed by atoms with Gasteiger partial charge in [-0.3, -0.25) is 4.98 Å². The van der Waals surface area contributed by atoms with Crippen LogP contribution in [0.3, 0.4) is 0 Å². The summed E-state index contributed by atoms with van der Waals surface area (Å²) >= 11 is 2.51. The number of aliphatic hydroxyl groups excluding tert-OH is 1. The molecule has 0 bridgehead atoms. The van der Waals surface area contributed by atoms with Gasteiger partial charge in [-0.1, -0.05) is 79.2 Å². The summed E-state index contributed by atoms with van der Waals surface area (Å²) in [5.41, 5.74) is 7.09. The zero-order valence-electron chi connectivity index (χ0n) is 23.8. The lowest BCUT2D eigenvalue weighted by atomic mass is 9.59. The van der Waals surface area contributed by atoms with Crippen LogP contribution in [0.25, 0.3) is 0 Å². The molecule has 1 spiro atoms. The van der Waals surface area contributed by atoms with Crippen molar-refractivity contribution in [3.63, 3.8) is 0 Å². The monoisotopic (exact) mass is 619 g/mol. The number of hydrogen-bond donors (Lipinski definition) is 1. The standard InChI is InChI=1S/C31H46INO2Si/c1-19(2)21-11-13-22(14-12-21)29(34)26-27(32)25-23(33-28(26)20(3)4)17-31(15-10-16-31)18-24(25)35-36(8,9)30(5,6)7/h11-14,19-20,24,29,34H,10,15-18H2,1-9H3/t24-,29-/m0/s1. The largest absolute Gasteiger partial charge is 0.410 e. The van der Waals surface area contributed by atoms with Crippen molar-refractivity contribution in [3.05, 3.63) is 61.5 Å². The van der Waals surface area contributed by atoms with Crippen LogP contribution in [-0.2, 0) is 10.8 Å². The third-order valence-corrected chi connectivity index (χ3v) is 14.8. The molecule has 1 aromatic carbocycles. The van der Waals surface area contributed by atoms with E-state index in [1.54, 1.807) is 0 Å². The molecule has 0 unspecified atom stereocenters. The highest BCUT2D eigenvalue weighted by Gasteiger charge is 2.49. The van der Waals surface area contributed by atoms with Gasteiger partial charge in [0.2, 0.25) is 0 Å². The quantitative estimate of drug-likeness (QED) is 0.259. The first-order valence-electron chi connectivity index (χ1n) is 13.8. The highest BCUT2D eigenvalue weighted by Crippen LogP contribution is 2.57. The van der Waals surface area contributed by atoms with E-state index in [0.717, 1.165) is 29.7 Å². The van der Waals surface area contributed by atoms with E-state index < -0.39 is 14.4 Å². The average Bonchev–Trinajstić information content (AvgIpc) is 2.76. The van der Waals surface area contributed by atoms with Crippen LogP contribution < -0.4 is 0 Å². The van der Waals surface area contributed by atoms with Crippen molar-refractivity contribution >= 4 is 30.9 Å². The van der Waals surface area contributed by atoms with Crippen LogP contribution in [0.15, 0.2) is 24.3 Å². The molecule has 2 aromatic rings. The van der Waals surface area contributed by atoms with Crippen molar-refractivity contribution in [2.24, 2.45) is 5.41 Å². The van der Waals surface area contributed by atoms with Crippen molar-refractivity contribution in [3.8, 4) is 0 Å². The number of aliphatic hydroxyl groups is 1. The summed E-state index contributed by atoms with van der Waals surface area (Å²) in [6.45, 7) is 20.5. The van der Waals surface area contributed by atoms with Crippen molar-refractivity contribution in [2.45, 2.75) is 123 Å². The Balaban J connectivity index is 1.84. The van der Waals surface area contributed by atoms with Crippen molar-refractivity contribution in [1.82, 2.24) is 4.98 Å². The predicted molar refractivity (Wildman–Crippen MR) is 161 cm³/mol. The molecule has 0 saturated heterocycles. The summed E-state index contributed by atoms with van der Waals surface area (Å²) in [5.74, 6) is 0.711. The minimum Gasteiger partial charge on any atom is -0.410 e. The number of aromatic nitrogens is 1. The van der Waals surface area contributed by atoms with Crippen LogP contribution >= 0.6 is 22.6 Å². The Hall–Kier alpha value is -0.763. The Kier molecular flexibility index (Phi) is 7.91. The second-order valence-electron chi connectivity index (χ2n) is 13.6. The molecule has 0 aliphatic heterocycles. The summed E-state index contributed by atoms with van der Waals surface area (Å²) in [7, 11) is -1.99. The summed E-state index contributed by atoms with van der Waals surface area (Å²) in [6.07, 6.45) is 5.39. The fourth-order valence-corrected chi connectivity index (χ4v) is 8.15. The lowest BCUT2D eigenvalue weighted by Gasteiger charge is -2.50. The summed E-state index contributed by atoms with van der Waals surface area (Å²) in [5, 5.41) is 11.9. The van der Waals surface area contributed by atoms with Crippen molar-refractivity contribution < 1.29 is 9.53 Å². The number of halogens is 1. The molecule has 1 N–H and O–H groups in total. The highest BCUT2D eigenvalue weighted by atomic mass is 127. The Morgan fingerprint density at radius 2 is 1.61 bits per heavy atom. The third-order valence-electron chi connectivity index (χ3n) is 9.19. The van der Waals surface area contributed by atoms with Crippen molar-refractivity contribution in [1.29, 1.82) is 0 Å². The van der Waals surface area contributed by atoms with Crippen LogP contribution in [-0.4, -0.2) is 18.4 Å². The molecule has 3 nitrogen and oxygen atoms in total. The van der Waals surface area contributed by atoms with Crippen LogP contribution in [0.2, 0.25) is 18.1 Å². The molecule has 1 heterocycles. The minimum atomic E-state index is -1.99. The Labute approximate surface area is 234 Å². The second-order valence-corrected chi connectivity index (χ2v) is 19.4. The van der Waals surface area contributed by atoms with Gasteiger partial charge < -0.3 is 9.53 Å². The van der Waals surface area contributed by atoms with E-state index >= 15 is 0 Å². The number of fused-ring (bicyclic) bond motifs is 1. The zero-order valence-corrected chi connectivity index (χ0v) is 27.0. The molecular weight excluding hydrogens is 573 g/mol. The molecule has 1 aromatic heterocycles. The van der Waals surface area contributed by atoms with E-state index in [1.807, 2.05) is 0 Å². The fraction of sp³-hybridized carbons (Fsp3) is 0.645. The third kappa shape index (κ3) is 5.23. The SMILES string of the molecule is CC(C)c1ccc([C@H](O)c2c(C(C)C)nc3c(c2I)[C@@H](O[Si](C)(C)C(C)(C)C)CC2(CCC2)C3)cc1. The maximum atomic E-state index is 11.8. The van der Waals surface area contributed by atoms with Crippen LogP contribution in [0.1, 0.15) is 132 Å². The number of nitrogens with zero attached hydrogens (tertiary/aromatic N) is 1. The van der Waals surface area contributed by atoms with Crippen LogP contribution in [0.5, 0.6) is 0 Å². The summed E-state index contributed by atoms with van der Waals surface area (Å²) in [6, 6.07) is 8.49. The molecule has 36 heavy (non-hydrogen) atoms. The van der Waals surface area contributed by atoms with E-state index in [0.29, 0.717) is 11.3 Å². The Bertz CT molecular complexity index is 1100. The van der Waals surface area contributed by atoms with Crippen LogP contribution in [0, 0.1) is 8.99 Å². The fourth-order valence-electron chi connectivity index (χ4n) is 5.66. The van der Waals surface area contributed by atoms with E-state index in [2.05, 4.69) is 108 Å². The van der Waals surface area contributed by atoms with Gasteiger partial charge in [0.15, 0.2) is 8.32 Å². The molecular formula is C31H46INO2Si. The first kappa shape index (κ1) is 28.3. The maximum absolute atomic E-state index is 11.8. The second kappa shape index (κ2) is 10.1. The number of pyridine rings is 1. The van der Waals surface area contributed by atoms with Gasteiger partial charge in [0.1, 0.15) is 6.10 Å². The summed E-state index contributed by atoms with van der Waals surface area (Å²) < 4.78 is 8.34. The molecule has 198 valence electrons. The predicted octanol–water partition coefficient (Wildman–Crippen LogP) is 9.19. The van der Waals surface area contributed by atoms with Gasteiger partial charge in [0, 0.05) is 20.4 Å². The first-order valence-corrected chi connectivity index (χ1v) is 17.8. The van der Waals surface area contributed by atoms with E-state index in [9.17, 15) is 5.11 Å². The number of hydrogen-bond acceptors (Lipinski definition) is 3. The molecule has 1 saturated carbocycles. The minimum absolute atomic E-state index is 0.0600. The molecule has 0 amide bonds. The molecule has 2 aliphatic rings. The maximum Gasteiger partial charge on any atom is 0.192 e.